The minimum absolute atomic E-state index is 0.225. The molecule has 0 fully saturated rings. The highest BCUT2D eigenvalue weighted by Gasteiger charge is 2.34. The van der Waals surface area contributed by atoms with Crippen molar-refractivity contribution >= 4 is 11.8 Å². The molecule has 190 valence electrons. The number of benzene rings is 3. The van der Waals surface area contributed by atoms with E-state index in [0.717, 1.165) is 19.3 Å². The van der Waals surface area contributed by atoms with Crippen molar-refractivity contribution in [1.29, 1.82) is 0 Å². The van der Waals surface area contributed by atoms with E-state index in [1.165, 1.54) is 48.5 Å². The fraction of sp³-hybridized carbons (Fsp3) is 0.286. The van der Waals surface area contributed by atoms with Crippen LogP contribution in [0.5, 0.6) is 0 Å². The summed E-state index contributed by atoms with van der Waals surface area (Å²) in [5.41, 5.74) is 1.39. The zero-order valence-corrected chi connectivity index (χ0v) is 20.1. The Hall–Kier alpha value is -3.62. The number of nitrogens with zero attached hydrogens (tertiary/aromatic N) is 1. The lowest BCUT2D eigenvalue weighted by atomic mass is 9.80. The summed E-state index contributed by atoms with van der Waals surface area (Å²) in [5.74, 6) is -1.55. The Morgan fingerprint density at radius 1 is 0.833 bits per heavy atom. The maximum atomic E-state index is 13.6. The molecule has 0 aliphatic rings. The number of unbranched alkanes of at least 4 members (excludes halogenated alkanes) is 3. The molecule has 0 aliphatic heterocycles. The molecule has 0 heterocycles. The predicted molar refractivity (Wildman–Crippen MR) is 131 cm³/mol. The van der Waals surface area contributed by atoms with Gasteiger partial charge in [-0.25, -0.2) is 14.3 Å². The molecular weight excluding hydrogens is 466 g/mol. The SMILES string of the molecule is CN(CCCCCCC(=O)NO)C(=O)c1cccc(C(O)(c2ccc(F)cc2)c2ccc(F)cc2)c1. The molecule has 0 spiro atoms. The maximum Gasteiger partial charge on any atom is 0.253 e. The van der Waals surface area contributed by atoms with Gasteiger partial charge in [-0.2, -0.15) is 0 Å². The van der Waals surface area contributed by atoms with Crippen molar-refractivity contribution in [3.8, 4) is 0 Å². The van der Waals surface area contributed by atoms with Gasteiger partial charge in [-0.1, -0.05) is 49.2 Å². The van der Waals surface area contributed by atoms with Crippen molar-refractivity contribution in [2.24, 2.45) is 0 Å². The smallest absolute Gasteiger partial charge is 0.253 e. The number of rotatable bonds is 11. The first-order valence-corrected chi connectivity index (χ1v) is 11.8. The fourth-order valence-corrected chi connectivity index (χ4v) is 4.13. The molecule has 3 N–H and O–H groups in total. The number of hydroxylamine groups is 1. The summed E-state index contributed by atoms with van der Waals surface area (Å²) in [4.78, 5) is 25.7. The highest BCUT2D eigenvalue weighted by molar-refractivity contribution is 5.94. The van der Waals surface area contributed by atoms with Crippen LogP contribution in [0.4, 0.5) is 8.78 Å². The van der Waals surface area contributed by atoms with Crippen LogP contribution in [0.3, 0.4) is 0 Å². The van der Waals surface area contributed by atoms with Crippen LogP contribution < -0.4 is 5.48 Å². The lowest BCUT2D eigenvalue weighted by Crippen LogP contribution is -2.31. The van der Waals surface area contributed by atoms with Gasteiger partial charge in [-0.15, -0.1) is 0 Å². The Morgan fingerprint density at radius 3 is 1.94 bits per heavy atom. The summed E-state index contributed by atoms with van der Waals surface area (Å²) in [6, 6.07) is 17.4. The van der Waals surface area contributed by atoms with Gasteiger partial charge in [0.2, 0.25) is 5.91 Å². The van der Waals surface area contributed by atoms with Crippen LogP contribution in [0, 0.1) is 11.6 Å². The normalized spacial score (nSPS) is 11.2. The van der Waals surface area contributed by atoms with E-state index in [-0.39, 0.29) is 12.3 Å². The lowest BCUT2D eigenvalue weighted by Gasteiger charge is -2.30. The van der Waals surface area contributed by atoms with Crippen LogP contribution in [0.1, 0.15) is 59.2 Å². The molecule has 0 unspecified atom stereocenters. The van der Waals surface area contributed by atoms with Crippen LogP contribution in [-0.2, 0) is 10.4 Å². The Kier molecular flexibility index (Phi) is 9.27. The monoisotopic (exact) mass is 496 g/mol. The topological polar surface area (TPSA) is 89.9 Å². The molecule has 0 bridgehead atoms. The standard InChI is InChI=1S/C28H30F2N2O4/c1-32(18-5-3-2-4-9-26(33)31-36)27(34)20-7-6-8-23(19-20)28(35,21-10-14-24(29)15-11-21)22-12-16-25(30)17-13-22/h6-8,10-17,19,35-36H,2-5,9,18H2,1H3,(H,31,33). The van der Waals surface area contributed by atoms with Gasteiger partial charge < -0.3 is 10.0 Å². The molecule has 2 amide bonds. The molecule has 0 aliphatic carbocycles. The van der Waals surface area contributed by atoms with Crippen LogP contribution in [0.2, 0.25) is 0 Å². The highest BCUT2D eigenvalue weighted by atomic mass is 19.1. The summed E-state index contributed by atoms with van der Waals surface area (Å²) in [5, 5.41) is 20.4. The Labute approximate surface area is 209 Å². The van der Waals surface area contributed by atoms with Crippen molar-refractivity contribution in [3.63, 3.8) is 0 Å². The predicted octanol–water partition coefficient (Wildman–Crippen LogP) is 4.78. The van der Waals surface area contributed by atoms with E-state index in [2.05, 4.69) is 0 Å². The zero-order chi connectivity index (χ0) is 26.1. The molecule has 0 radical (unpaired) electrons. The second kappa shape index (κ2) is 12.4. The van der Waals surface area contributed by atoms with Crippen LogP contribution >= 0.6 is 0 Å². The number of aliphatic hydroxyl groups is 1. The van der Waals surface area contributed by atoms with E-state index in [0.29, 0.717) is 35.2 Å². The van der Waals surface area contributed by atoms with Gasteiger partial charge in [0.25, 0.3) is 5.91 Å². The molecule has 6 nitrogen and oxygen atoms in total. The number of nitrogens with one attached hydrogen (secondary N) is 1. The molecule has 3 aromatic carbocycles. The Morgan fingerprint density at radius 2 is 1.39 bits per heavy atom. The number of amides is 2. The first kappa shape index (κ1) is 27.0. The van der Waals surface area contributed by atoms with E-state index in [9.17, 15) is 23.5 Å². The van der Waals surface area contributed by atoms with E-state index in [4.69, 9.17) is 5.21 Å². The first-order valence-electron chi connectivity index (χ1n) is 11.8. The second-order valence-electron chi connectivity index (χ2n) is 8.73. The molecule has 0 saturated heterocycles. The summed E-state index contributed by atoms with van der Waals surface area (Å²) < 4.78 is 27.2. The third-order valence-electron chi connectivity index (χ3n) is 6.17. The third kappa shape index (κ3) is 6.53. The average molecular weight is 497 g/mol. The average Bonchev–Trinajstić information content (AvgIpc) is 2.90. The molecule has 3 rings (SSSR count). The highest BCUT2D eigenvalue weighted by Crippen LogP contribution is 2.37. The van der Waals surface area contributed by atoms with Gasteiger partial charge in [-0.3, -0.25) is 14.8 Å². The van der Waals surface area contributed by atoms with Crippen molar-refractivity contribution < 1.29 is 28.7 Å². The second-order valence-corrected chi connectivity index (χ2v) is 8.73. The summed E-state index contributed by atoms with van der Waals surface area (Å²) in [6.07, 6.45) is 3.27. The fourth-order valence-electron chi connectivity index (χ4n) is 4.13. The summed E-state index contributed by atoms with van der Waals surface area (Å²) in [6.45, 7) is 0.509. The minimum Gasteiger partial charge on any atom is -0.376 e. The van der Waals surface area contributed by atoms with Crippen molar-refractivity contribution in [2.45, 2.75) is 37.7 Å². The quantitative estimate of drug-likeness (QED) is 0.154. The molecule has 3 aromatic rings. The van der Waals surface area contributed by atoms with Gasteiger partial charge in [0.15, 0.2) is 0 Å². The van der Waals surface area contributed by atoms with Gasteiger partial charge in [0.1, 0.15) is 17.2 Å². The Bertz CT molecular complexity index is 1120. The van der Waals surface area contributed by atoms with E-state index >= 15 is 0 Å². The largest absolute Gasteiger partial charge is 0.376 e. The minimum atomic E-state index is -1.74. The van der Waals surface area contributed by atoms with Crippen LogP contribution in [0.25, 0.3) is 0 Å². The number of carbonyl (C=O) groups is 2. The number of halogens is 2. The van der Waals surface area contributed by atoms with Crippen molar-refractivity contribution in [3.05, 3.63) is 107 Å². The number of hydrogen-bond acceptors (Lipinski definition) is 4. The number of carbonyl (C=O) groups excluding carboxylic acids is 2. The number of hydrogen-bond donors (Lipinski definition) is 3. The molecule has 36 heavy (non-hydrogen) atoms. The van der Waals surface area contributed by atoms with Crippen LogP contribution in [-0.4, -0.2) is 40.6 Å². The van der Waals surface area contributed by atoms with E-state index < -0.39 is 23.1 Å². The van der Waals surface area contributed by atoms with E-state index in [1.807, 2.05) is 0 Å². The van der Waals surface area contributed by atoms with Gasteiger partial charge in [0.05, 0.1) is 0 Å². The van der Waals surface area contributed by atoms with Crippen molar-refractivity contribution in [1.82, 2.24) is 10.4 Å². The van der Waals surface area contributed by atoms with Gasteiger partial charge in [-0.05, 0) is 65.9 Å². The van der Waals surface area contributed by atoms with Gasteiger partial charge in [0, 0.05) is 25.6 Å². The molecule has 8 heteroatoms. The zero-order valence-electron chi connectivity index (χ0n) is 20.1. The van der Waals surface area contributed by atoms with Crippen LogP contribution in [0.15, 0.2) is 72.8 Å². The Balaban J connectivity index is 1.78. The molecule has 0 atom stereocenters. The summed E-state index contributed by atoms with van der Waals surface area (Å²) >= 11 is 0. The molecule has 0 saturated carbocycles. The van der Waals surface area contributed by atoms with E-state index in [1.54, 1.807) is 41.7 Å². The molecule has 0 aromatic heterocycles. The van der Waals surface area contributed by atoms with Crippen molar-refractivity contribution in [2.75, 3.05) is 13.6 Å². The summed E-state index contributed by atoms with van der Waals surface area (Å²) in [7, 11) is 1.69. The van der Waals surface area contributed by atoms with Gasteiger partial charge >= 0.3 is 0 Å². The molecular formula is C28H30F2N2O4. The maximum absolute atomic E-state index is 13.6. The lowest BCUT2D eigenvalue weighted by molar-refractivity contribution is -0.129. The first-order chi connectivity index (χ1) is 17.3. The third-order valence-corrected chi connectivity index (χ3v) is 6.17.